The largest absolute Gasteiger partial charge is 0.382 e. The summed E-state index contributed by atoms with van der Waals surface area (Å²) in [5.74, 6) is 0.344. The van der Waals surface area contributed by atoms with Gasteiger partial charge in [0.2, 0.25) is 0 Å². The Balaban J connectivity index is 2.17. The Hall–Kier alpha value is -1.32. The second-order valence-corrected chi connectivity index (χ2v) is 5.94. The van der Waals surface area contributed by atoms with Crippen LogP contribution >= 0.6 is 11.5 Å². The third-order valence-corrected chi connectivity index (χ3v) is 4.90. The van der Waals surface area contributed by atoms with Crippen LogP contribution in [0, 0.1) is 11.3 Å². The number of nitrogen functional groups attached to an aromatic ring is 1. The highest BCUT2D eigenvalue weighted by atomic mass is 32.1. The highest BCUT2D eigenvalue weighted by Crippen LogP contribution is 2.39. The van der Waals surface area contributed by atoms with Gasteiger partial charge in [0.1, 0.15) is 16.6 Å². The number of hydrogen-bond acceptors (Lipinski definition) is 6. The Labute approximate surface area is 112 Å². The van der Waals surface area contributed by atoms with Gasteiger partial charge in [0.25, 0.3) is 0 Å². The SMILES string of the molecule is CN(CC1(N(C)C)CCC1)c1snc(N)c1C#N. The van der Waals surface area contributed by atoms with E-state index < -0.39 is 0 Å². The summed E-state index contributed by atoms with van der Waals surface area (Å²) in [5.41, 5.74) is 6.45. The molecule has 1 aliphatic carbocycles. The average molecular weight is 265 g/mol. The second-order valence-electron chi connectivity index (χ2n) is 5.19. The lowest BCUT2D eigenvalue weighted by molar-refractivity contribution is 0.0684. The molecule has 98 valence electrons. The lowest BCUT2D eigenvalue weighted by atomic mass is 9.75. The topological polar surface area (TPSA) is 69.2 Å². The maximum atomic E-state index is 9.12. The van der Waals surface area contributed by atoms with E-state index in [1.807, 2.05) is 7.05 Å². The summed E-state index contributed by atoms with van der Waals surface area (Å²) in [7, 11) is 6.26. The van der Waals surface area contributed by atoms with Gasteiger partial charge >= 0.3 is 0 Å². The molecule has 0 radical (unpaired) electrons. The van der Waals surface area contributed by atoms with Crippen LogP contribution in [0.4, 0.5) is 10.8 Å². The maximum Gasteiger partial charge on any atom is 0.157 e. The maximum absolute atomic E-state index is 9.12. The summed E-state index contributed by atoms with van der Waals surface area (Å²) >= 11 is 1.31. The molecule has 1 aromatic heterocycles. The molecule has 1 fully saturated rings. The van der Waals surface area contributed by atoms with Crippen LogP contribution in [-0.2, 0) is 0 Å². The molecule has 1 saturated carbocycles. The smallest absolute Gasteiger partial charge is 0.157 e. The van der Waals surface area contributed by atoms with Crippen molar-refractivity contribution in [3.63, 3.8) is 0 Å². The van der Waals surface area contributed by atoms with Crippen molar-refractivity contribution in [1.82, 2.24) is 9.27 Å². The Kier molecular flexibility index (Phi) is 3.46. The number of aromatic nitrogens is 1. The van der Waals surface area contributed by atoms with Crippen LogP contribution < -0.4 is 10.6 Å². The third-order valence-electron chi connectivity index (χ3n) is 3.92. The number of nitrogens with zero attached hydrogens (tertiary/aromatic N) is 4. The van der Waals surface area contributed by atoms with Crippen molar-refractivity contribution in [2.75, 3.05) is 38.3 Å². The molecule has 1 aliphatic rings. The van der Waals surface area contributed by atoms with Crippen molar-refractivity contribution in [1.29, 1.82) is 5.26 Å². The molecule has 6 heteroatoms. The molecule has 0 bridgehead atoms. The van der Waals surface area contributed by atoms with Gasteiger partial charge in [-0.3, -0.25) is 0 Å². The fraction of sp³-hybridized carbons (Fsp3) is 0.667. The second kappa shape index (κ2) is 4.75. The predicted molar refractivity (Wildman–Crippen MR) is 74.8 cm³/mol. The van der Waals surface area contributed by atoms with Crippen LogP contribution in [0.15, 0.2) is 0 Å². The molecule has 5 nitrogen and oxygen atoms in total. The van der Waals surface area contributed by atoms with Gasteiger partial charge in [-0.05, 0) is 44.9 Å². The number of nitrogens with two attached hydrogens (primary N) is 1. The Morgan fingerprint density at radius 3 is 2.56 bits per heavy atom. The Morgan fingerprint density at radius 1 is 1.44 bits per heavy atom. The molecule has 0 saturated heterocycles. The van der Waals surface area contributed by atoms with Crippen LogP contribution in [0.2, 0.25) is 0 Å². The first-order valence-corrected chi connectivity index (χ1v) is 6.81. The first-order chi connectivity index (χ1) is 8.50. The lowest BCUT2D eigenvalue weighted by Gasteiger charge is -2.49. The van der Waals surface area contributed by atoms with Gasteiger partial charge in [-0.25, -0.2) is 0 Å². The minimum atomic E-state index is 0.236. The van der Waals surface area contributed by atoms with E-state index in [2.05, 4.69) is 34.3 Å². The minimum absolute atomic E-state index is 0.236. The summed E-state index contributed by atoms with van der Waals surface area (Å²) in [4.78, 5) is 4.41. The first kappa shape index (κ1) is 13.1. The standard InChI is InChI=1S/C12H19N5S/c1-16(2)12(5-4-6-12)8-17(3)11-9(7-13)10(14)15-18-11/h4-6,8H2,1-3H3,(H2,14,15). The molecule has 2 N–H and O–H groups in total. The van der Waals surface area contributed by atoms with Crippen molar-refractivity contribution in [2.45, 2.75) is 24.8 Å². The fourth-order valence-corrected chi connectivity index (χ4v) is 3.23. The number of hydrogen-bond donors (Lipinski definition) is 1. The van der Waals surface area contributed by atoms with Crippen molar-refractivity contribution in [3.8, 4) is 6.07 Å². The van der Waals surface area contributed by atoms with E-state index in [4.69, 9.17) is 11.0 Å². The molecule has 0 unspecified atom stereocenters. The van der Waals surface area contributed by atoms with Crippen LogP contribution in [0.3, 0.4) is 0 Å². The third kappa shape index (κ3) is 2.04. The molecular formula is C12H19N5S. The highest BCUT2D eigenvalue weighted by molar-refractivity contribution is 7.10. The van der Waals surface area contributed by atoms with E-state index in [1.165, 1.54) is 30.8 Å². The first-order valence-electron chi connectivity index (χ1n) is 6.04. The van der Waals surface area contributed by atoms with Gasteiger partial charge < -0.3 is 15.5 Å². The zero-order valence-electron chi connectivity index (χ0n) is 11.1. The normalized spacial score (nSPS) is 17.3. The van der Waals surface area contributed by atoms with E-state index in [1.54, 1.807) is 0 Å². The number of nitriles is 1. The van der Waals surface area contributed by atoms with Crippen molar-refractivity contribution in [3.05, 3.63) is 5.56 Å². The quantitative estimate of drug-likeness (QED) is 0.894. The Morgan fingerprint density at radius 2 is 2.11 bits per heavy atom. The van der Waals surface area contributed by atoms with Gasteiger partial charge in [0, 0.05) is 19.1 Å². The zero-order valence-corrected chi connectivity index (χ0v) is 11.9. The summed E-state index contributed by atoms with van der Waals surface area (Å²) in [5, 5.41) is 9.99. The van der Waals surface area contributed by atoms with Crippen molar-refractivity contribution in [2.24, 2.45) is 0 Å². The van der Waals surface area contributed by atoms with Gasteiger partial charge in [0.15, 0.2) is 5.82 Å². The molecule has 18 heavy (non-hydrogen) atoms. The van der Waals surface area contributed by atoms with Crippen molar-refractivity contribution >= 4 is 22.4 Å². The van der Waals surface area contributed by atoms with Crippen LogP contribution in [-0.4, -0.2) is 42.5 Å². The zero-order chi connectivity index (χ0) is 13.3. The molecule has 0 aromatic carbocycles. The van der Waals surface area contributed by atoms with E-state index in [0.717, 1.165) is 11.5 Å². The lowest BCUT2D eigenvalue weighted by Crippen LogP contribution is -2.56. The number of anilines is 2. The van der Waals surface area contributed by atoms with Gasteiger partial charge in [-0.15, -0.1) is 0 Å². The monoisotopic (exact) mass is 265 g/mol. The van der Waals surface area contributed by atoms with Crippen LogP contribution in [0.5, 0.6) is 0 Å². The molecule has 1 heterocycles. The predicted octanol–water partition coefficient (Wildman–Crippen LogP) is 1.52. The van der Waals surface area contributed by atoms with Gasteiger partial charge in [-0.1, -0.05) is 0 Å². The summed E-state index contributed by atoms with van der Waals surface area (Å²) in [6.45, 7) is 0.913. The number of rotatable bonds is 4. The molecule has 0 amide bonds. The number of likely N-dealkylation sites (N-methyl/N-ethyl adjacent to an activating group) is 2. The molecule has 0 aliphatic heterocycles. The van der Waals surface area contributed by atoms with E-state index in [9.17, 15) is 0 Å². The molecular weight excluding hydrogens is 246 g/mol. The molecule has 0 spiro atoms. The van der Waals surface area contributed by atoms with Crippen LogP contribution in [0.1, 0.15) is 24.8 Å². The molecule has 2 rings (SSSR count). The fourth-order valence-electron chi connectivity index (χ4n) is 2.50. The molecule has 0 atom stereocenters. The van der Waals surface area contributed by atoms with E-state index >= 15 is 0 Å². The summed E-state index contributed by atoms with van der Waals surface area (Å²) in [6, 6.07) is 2.14. The van der Waals surface area contributed by atoms with Gasteiger partial charge in [-0.2, -0.15) is 9.64 Å². The highest BCUT2D eigenvalue weighted by Gasteiger charge is 2.40. The van der Waals surface area contributed by atoms with Gasteiger partial charge in [0.05, 0.1) is 0 Å². The van der Waals surface area contributed by atoms with Crippen molar-refractivity contribution < 1.29 is 0 Å². The summed E-state index contributed by atoms with van der Waals surface area (Å²) < 4.78 is 4.07. The molecule has 1 aromatic rings. The summed E-state index contributed by atoms with van der Waals surface area (Å²) in [6.07, 6.45) is 3.70. The average Bonchev–Trinajstić information content (AvgIpc) is 2.64. The van der Waals surface area contributed by atoms with E-state index in [0.29, 0.717) is 11.4 Å². The Bertz CT molecular complexity index is 469. The van der Waals surface area contributed by atoms with Crippen LogP contribution in [0.25, 0.3) is 0 Å². The minimum Gasteiger partial charge on any atom is -0.382 e. The van der Waals surface area contributed by atoms with E-state index in [-0.39, 0.29) is 5.54 Å².